The molecule has 0 unspecified atom stereocenters. The van der Waals surface area contributed by atoms with Crippen LogP contribution >= 0.6 is 23.5 Å². The van der Waals surface area contributed by atoms with Crippen molar-refractivity contribution in [2.24, 2.45) is 0 Å². The van der Waals surface area contributed by atoms with Gasteiger partial charge in [-0.1, -0.05) is 42.1 Å². The maximum Gasteiger partial charge on any atom is 0.573 e. The number of rotatable bonds is 8. The Morgan fingerprint density at radius 1 is 1.15 bits per heavy atom. The summed E-state index contributed by atoms with van der Waals surface area (Å²) in [5, 5.41) is 3.11. The van der Waals surface area contributed by atoms with E-state index >= 15 is 0 Å². The maximum absolute atomic E-state index is 13.1. The van der Waals surface area contributed by atoms with Crippen LogP contribution in [0.3, 0.4) is 0 Å². The van der Waals surface area contributed by atoms with E-state index in [-0.39, 0.29) is 23.0 Å². The molecule has 0 bridgehead atoms. The van der Waals surface area contributed by atoms with E-state index in [0.29, 0.717) is 35.1 Å². The molecule has 4 rings (SSSR count). The third-order valence-electron chi connectivity index (χ3n) is 4.92. The average Bonchev–Trinajstić information content (AvgIpc) is 3.27. The Labute approximate surface area is 201 Å². The second-order valence-electron chi connectivity index (χ2n) is 7.37. The number of thioether (sulfide) groups is 2. The van der Waals surface area contributed by atoms with E-state index in [2.05, 4.69) is 15.0 Å². The van der Waals surface area contributed by atoms with E-state index in [0.717, 1.165) is 40.9 Å². The van der Waals surface area contributed by atoms with Gasteiger partial charge in [-0.15, -0.1) is 24.9 Å². The van der Waals surface area contributed by atoms with Crippen molar-refractivity contribution in [2.45, 2.75) is 35.8 Å². The third kappa shape index (κ3) is 6.35. The Kier molecular flexibility index (Phi) is 7.52. The average molecular weight is 508 g/mol. The normalized spacial score (nSPS) is 12.9. The van der Waals surface area contributed by atoms with Crippen molar-refractivity contribution in [3.05, 3.63) is 76.2 Å². The number of anilines is 1. The first-order valence-corrected chi connectivity index (χ1v) is 12.3. The molecule has 34 heavy (non-hydrogen) atoms. The first-order valence-electron chi connectivity index (χ1n) is 10.4. The van der Waals surface area contributed by atoms with Crippen LogP contribution in [0.2, 0.25) is 0 Å². The molecule has 1 N–H and O–H groups in total. The largest absolute Gasteiger partial charge is 0.573 e. The van der Waals surface area contributed by atoms with Crippen LogP contribution in [0.4, 0.5) is 18.9 Å². The number of aryl methyl sites for hydroxylation is 2. The van der Waals surface area contributed by atoms with Gasteiger partial charge < -0.3 is 10.1 Å². The number of aromatic nitrogens is 2. The lowest BCUT2D eigenvalue weighted by molar-refractivity contribution is -0.274. The highest BCUT2D eigenvalue weighted by molar-refractivity contribution is 8.00. The van der Waals surface area contributed by atoms with Crippen LogP contribution in [0.25, 0.3) is 0 Å². The molecule has 0 saturated heterocycles. The van der Waals surface area contributed by atoms with Gasteiger partial charge in [0.25, 0.3) is 5.56 Å². The Hall–Kier alpha value is -2.92. The molecule has 0 spiro atoms. The van der Waals surface area contributed by atoms with E-state index in [1.165, 1.54) is 23.9 Å². The summed E-state index contributed by atoms with van der Waals surface area (Å²) in [6.07, 6.45) is -3.42. The second kappa shape index (κ2) is 10.6. The van der Waals surface area contributed by atoms with Crippen molar-refractivity contribution in [1.29, 1.82) is 0 Å². The number of hydrogen-bond acceptors (Lipinski definition) is 6. The smallest absolute Gasteiger partial charge is 0.406 e. The lowest BCUT2D eigenvalue weighted by Crippen LogP contribution is -2.27. The predicted octanol–water partition coefficient (Wildman–Crippen LogP) is 4.76. The summed E-state index contributed by atoms with van der Waals surface area (Å²) in [6, 6.07) is 14.7. The lowest BCUT2D eigenvalue weighted by atomic mass is 10.1. The Balaban J connectivity index is 1.43. The Morgan fingerprint density at radius 3 is 2.59 bits per heavy atom. The van der Waals surface area contributed by atoms with Gasteiger partial charge >= 0.3 is 6.36 Å². The monoisotopic (exact) mass is 507 g/mol. The predicted molar refractivity (Wildman–Crippen MR) is 126 cm³/mol. The quantitative estimate of drug-likeness (QED) is 0.350. The number of nitrogens with zero attached hydrogens (tertiary/aromatic N) is 2. The van der Waals surface area contributed by atoms with Gasteiger partial charge in [-0.3, -0.25) is 14.2 Å². The summed E-state index contributed by atoms with van der Waals surface area (Å²) in [6.45, 7) is 0.439. The zero-order valence-electron chi connectivity index (χ0n) is 17.8. The molecule has 2 aromatic carbocycles. The van der Waals surface area contributed by atoms with E-state index in [4.69, 9.17) is 0 Å². The van der Waals surface area contributed by atoms with Crippen molar-refractivity contribution in [2.75, 3.05) is 16.8 Å². The van der Waals surface area contributed by atoms with Gasteiger partial charge in [0, 0.05) is 24.4 Å². The molecule has 1 aliphatic heterocycles. The van der Waals surface area contributed by atoms with Crippen molar-refractivity contribution in [1.82, 2.24) is 9.55 Å². The number of carbonyl (C=O) groups excluding carboxylic acids is 1. The number of halogens is 3. The van der Waals surface area contributed by atoms with Crippen LogP contribution in [0.5, 0.6) is 5.75 Å². The maximum atomic E-state index is 13.1. The number of alkyl halides is 3. The zero-order chi connectivity index (χ0) is 24.1. The lowest BCUT2D eigenvalue weighted by Gasteiger charge is -2.14. The van der Waals surface area contributed by atoms with Crippen LogP contribution in [0.15, 0.2) is 69.4 Å². The molecule has 3 aromatic rings. The van der Waals surface area contributed by atoms with Crippen LogP contribution in [-0.2, 0) is 24.2 Å². The molecule has 1 amide bonds. The van der Waals surface area contributed by atoms with Gasteiger partial charge in [0.2, 0.25) is 5.91 Å². The highest BCUT2D eigenvalue weighted by Gasteiger charge is 2.31. The van der Waals surface area contributed by atoms with Crippen molar-refractivity contribution >= 4 is 35.1 Å². The molecule has 1 aromatic heterocycles. The minimum Gasteiger partial charge on any atom is -0.406 e. The number of amides is 1. The molecule has 6 nitrogen and oxygen atoms in total. The first kappa shape index (κ1) is 24.2. The fourth-order valence-corrected chi connectivity index (χ4v) is 5.27. The summed E-state index contributed by atoms with van der Waals surface area (Å²) < 4.78 is 42.3. The molecule has 0 fully saturated rings. The van der Waals surface area contributed by atoms with Gasteiger partial charge in [0.15, 0.2) is 5.16 Å². The number of benzene rings is 2. The minimum absolute atomic E-state index is 0.00942. The second-order valence-corrected chi connectivity index (χ2v) is 9.42. The standard InChI is InChI=1S/C23H20F3N3O3S2/c24-23(25,26)32-17-8-6-16(7-9-17)27-19(30)14-34-22-28-18-11-13-33-20(18)21(31)29(22)12-10-15-4-2-1-3-5-15/h1-9H,10-14H2,(H,27,30). The number of nitrogens with one attached hydrogen (secondary N) is 1. The minimum atomic E-state index is -4.78. The number of fused-ring (bicyclic) bond motifs is 1. The molecule has 178 valence electrons. The summed E-state index contributed by atoms with van der Waals surface area (Å²) in [7, 11) is 0. The molecule has 1 aliphatic rings. The number of hydrogen-bond donors (Lipinski definition) is 1. The number of carbonyl (C=O) groups is 1. The van der Waals surface area contributed by atoms with Crippen LogP contribution in [0, 0.1) is 0 Å². The summed E-state index contributed by atoms with van der Waals surface area (Å²) in [4.78, 5) is 30.8. The third-order valence-corrected chi connectivity index (χ3v) is 7.00. The van der Waals surface area contributed by atoms with E-state index < -0.39 is 6.36 Å². The molecule has 0 atom stereocenters. The number of ether oxygens (including phenoxy) is 1. The molecule has 11 heteroatoms. The Morgan fingerprint density at radius 2 is 1.88 bits per heavy atom. The van der Waals surface area contributed by atoms with Gasteiger partial charge in [0.05, 0.1) is 16.3 Å². The zero-order valence-corrected chi connectivity index (χ0v) is 19.4. The topological polar surface area (TPSA) is 73.2 Å². The molecular formula is C23H20F3N3O3S2. The first-order chi connectivity index (χ1) is 16.3. The van der Waals surface area contributed by atoms with E-state index in [9.17, 15) is 22.8 Å². The SMILES string of the molecule is O=C(CSc1nc2c(c(=O)n1CCc1ccccc1)SCC2)Nc1ccc(OC(F)(F)F)cc1. The highest BCUT2D eigenvalue weighted by atomic mass is 32.2. The summed E-state index contributed by atoms with van der Waals surface area (Å²) in [5.74, 6) is 0.0550. The van der Waals surface area contributed by atoms with Gasteiger partial charge in [-0.2, -0.15) is 0 Å². The van der Waals surface area contributed by atoms with Gasteiger partial charge in [-0.25, -0.2) is 4.98 Å². The fourth-order valence-electron chi connectivity index (χ4n) is 3.38. The van der Waals surface area contributed by atoms with Crippen molar-refractivity contribution in [3.8, 4) is 5.75 Å². The molecule has 2 heterocycles. The molecule has 0 aliphatic carbocycles. The van der Waals surface area contributed by atoms with Crippen LogP contribution < -0.4 is 15.6 Å². The molecular weight excluding hydrogens is 487 g/mol. The van der Waals surface area contributed by atoms with Crippen LogP contribution in [-0.4, -0.2) is 33.3 Å². The van der Waals surface area contributed by atoms with Gasteiger partial charge in [-0.05, 0) is 36.2 Å². The summed E-state index contributed by atoms with van der Waals surface area (Å²) >= 11 is 2.66. The fraction of sp³-hybridized carbons (Fsp3) is 0.261. The van der Waals surface area contributed by atoms with Crippen molar-refractivity contribution < 1.29 is 22.7 Å². The van der Waals surface area contributed by atoms with Crippen molar-refractivity contribution in [3.63, 3.8) is 0 Å². The highest BCUT2D eigenvalue weighted by Crippen LogP contribution is 2.29. The van der Waals surface area contributed by atoms with E-state index in [1.807, 2.05) is 30.3 Å². The molecule has 0 saturated carbocycles. The van der Waals surface area contributed by atoms with E-state index in [1.54, 1.807) is 4.57 Å². The Bertz CT molecular complexity index is 1220. The summed E-state index contributed by atoms with van der Waals surface area (Å²) in [5.41, 5.74) is 2.09. The van der Waals surface area contributed by atoms with Gasteiger partial charge in [0.1, 0.15) is 5.75 Å². The van der Waals surface area contributed by atoms with Crippen LogP contribution in [0.1, 0.15) is 11.3 Å². The molecule has 0 radical (unpaired) electrons.